The Morgan fingerprint density at radius 2 is 1.12 bits per heavy atom. The molecule has 0 saturated carbocycles. The van der Waals surface area contributed by atoms with E-state index in [0.29, 0.717) is 6.42 Å². The first-order valence-corrected chi connectivity index (χ1v) is 6.94. The number of rotatable bonds is 11. The van der Waals surface area contributed by atoms with Crippen LogP contribution in [0.2, 0.25) is 0 Å². The Bertz CT molecular complexity index is 146. The van der Waals surface area contributed by atoms with Crippen LogP contribution in [-0.4, -0.2) is 23.3 Å². The predicted molar refractivity (Wildman–Crippen MR) is 72.2 cm³/mol. The molecule has 3 heteroatoms. The van der Waals surface area contributed by atoms with Crippen molar-refractivity contribution < 1.29 is 15.0 Å². The van der Waals surface area contributed by atoms with Crippen LogP contribution < -0.4 is 0 Å². The summed E-state index contributed by atoms with van der Waals surface area (Å²) >= 11 is 0. The maximum Gasteiger partial charge on any atom is 0.303 e. The molecule has 0 fully saturated rings. The minimum atomic E-state index is -0.658. The first-order chi connectivity index (χ1) is 8.27. The van der Waals surface area contributed by atoms with Crippen molar-refractivity contribution in [3.8, 4) is 0 Å². The van der Waals surface area contributed by atoms with E-state index in [1.165, 1.54) is 51.4 Å². The Balaban J connectivity index is 0. The summed E-state index contributed by atoms with van der Waals surface area (Å²) < 4.78 is 0. The van der Waals surface area contributed by atoms with E-state index in [1.54, 1.807) is 0 Å². The number of hydrogen-bond acceptors (Lipinski definition) is 2. The maximum absolute atomic E-state index is 10.2. The second-order valence-electron chi connectivity index (χ2n) is 4.33. The van der Waals surface area contributed by atoms with E-state index >= 15 is 0 Å². The Labute approximate surface area is 106 Å². The summed E-state index contributed by atoms with van der Waals surface area (Å²) in [5.41, 5.74) is 0. The van der Waals surface area contributed by atoms with Gasteiger partial charge >= 0.3 is 5.97 Å². The van der Waals surface area contributed by atoms with Crippen LogP contribution in [0.3, 0.4) is 0 Å². The summed E-state index contributed by atoms with van der Waals surface area (Å²) in [5.74, 6) is -0.658. The van der Waals surface area contributed by atoms with Crippen LogP contribution in [0.25, 0.3) is 0 Å². The molecular weight excluding hydrogens is 216 g/mol. The number of aliphatic hydroxyl groups is 1. The van der Waals surface area contributed by atoms with Crippen LogP contribution in [-0.2, 0) is 4.79 Å². The van der Waals surface area contributed by atoms with Gasteiger partial charge in [-0.2, -0.15) is 0 Å². The van der Waals surface area contributed by atoms with Crippen molar-refractivity contribution in [1.29, 1.82) is 0 Å². The van der Waals surface area contributed by atoms with E-state index in [2.05, 4.69) is 6.92 Å². The molecule has 17 heavy (non-hydrogen) atoms. The van der Waals surface area contributed by atoms with Crippen molar-refractivity contribution >= 4 is 5.97 Å². The average molecular weight is 246 g/mol. The molecule has 0 aromatic rings. The van der Waals surface area contributed by atoms with E-state index in [-0.39, 0.29) is 0 Å². The van der Waals surface area contributed by atoms with Gasteiger partial charge in [0, 0.05) is 13.5 Å². The molecule has 0 aliphatic heterocycles. The lowest BCUT2D eigenvalue weighted by Gasteiger charge is -2.01. The topological polar surface area (TPSA) is 57.5 Å². The number of carboxylic acid groups (broad SMARTS) is 1. The van der Waals surface area contributed by atoms with Crippen LogP contribution in [0.1, 0.15) is 77.6 Å². The SMILES string of the molecule is CCCCCCCCCCCCC(=O)O.CO. The van der Waals surface area contributed by atoms with Crippen LogP contribution in [0.4, 0.5) is 0 Å². The molecule has 0 saturated heterocycles. The molecule has 0 spiro atoms. The van der Waals surface area contributed by atoms with Gasteiger partial charge in [-0.05, 0) is 6.42 Å². The summed E-state index contributed by atoms with van der Waals surface area (Å²) in [6, 6.07) is 0. The molecule has 0 aliphatic rings. The Hall–Kier alpha value is -0.570. The van der Waals surface area contributed by atoms with Gasteiger partial charge in [0.1, 0.15) is 0 Å². The fraction of sp³-hybridized carbons (Fsp3) is 0.929. The smallest absolute Gasteiger partial charge is 0.303 e. The Morgan fingerprint density at radius 3 is 1.47 bits per heavy atom. The summed E-state index contributed by atoms with van der Waals surface area (Å²) in [4.78, 5) is 10.2. The third-order valence-corrected chi connectivity index (χ3v) is 2.74. The highest BCUT2D eigenvalue weighted by Crippen LogP contribution is 2.10. The van der Waals surface area contributed by atoms with Crippen molar-refractivity contribution in [2.24, 2.45) is 0 Å². The minimum absolute atomic E-state index is 0.344. The van der Waals surface area contributed by atoms with Gasteiger partial charge in [0.2, 0.25) is 0 Å². The van der Waals surface area contributed by atoms with E-state index in [1.807, 2.05) is 0 Å². The van der Waals surface area contributed by atoms with Gasteiger partial charge in [-0.1, -0.05) is 64.7 Å². The van der Waals surface area contributed by atoms with Gasteiger partial charge in [-0.3, -0.25) is 4.79 Å². The van der Waals surface area contributed by atoms with Crippen molar-refractivity contribution in [1.82, 2.24) is 0 Å². The number of carbonyl (C=O) groups is 1. The molecular formula is C14H30O3. The predicted octanol–water partition coefficient (Wildman–Crippen LogP) is 3.99. The fourth-order valence-electron chi connectivity index (χ4n) is 1.76. The van der Waals surface area contributed by atoms with Gasteiger partial charge in [0.05, 0.1) is 0 Å². The standard InChI is InChI=1S/C13H26O2.CH4O/c1-2-3-4-5-6-7-8-9-10-11-12-13(14)15;1-2/h2-12H2,1H3,(H,14,15);2H,1H3. The van der Waals surface area contributed by atoms with Gasteiger partial charge in [0.25, 0.3) is 0 Å². The third-order valence-electron chi connectivity index (χ3n) is 2.74. The average Bonchev–Trinajstić information content (AvgIpc) is 2.34. The molecule has 0 rings (SSSR count). The van der Waals surface area contributed by atoms with E-state index in [9.17, 15) is 4.79 Å². The maximum atomic E-state index is 10.2. The number of carboxylic acids is 1. The highest BCUT2D eigenvalue weighted by atomic mass is 16.4. The second kappa shape index (κ2) is 17.8. The zero-order chi connectivity index (χ0) is 13.4. The number of aliphatic carboxylic acids is 1. The van der Waals surface area contributed by atoms with Crippen LogP contribution in [0, 0.1) is 0 Å². The Morgan fingerprint density at radius 1 is 0.765 bits per heavy atom. The molecule has 0 radical (unpaired) electrons. The summed E-state index contributed by atoms with van der Waals surface area (Å²) in [6.07, 6.45) is 12.9. The summed E-state index contributed by atoms with van der Waals surface area (Å²) in [5, 5.41) is 15.4. The first-order valence-electron chi connectivity index (χ1n) is 6.94. The lowest BCUT2D eigenvalue weighted by Crippen LogP contribution is -1.93. The summed E-state index contributed by atoms with van der Waals surface area (Å²) in [6.45, 7) is 2.24. The van der Waals surface area contributed by atoms with Gasteiger partial charge in [0.15, 0.2) is 0 Å². The monoisotopic (exact) mass is 246 g/mol. The molecule has 104 valence electrons. The molecule has 3 nitrogen and oxygen atoms in total. The summed E-state index contributed by atoms with van der Waals surface area (Å²) in [7, 11) is 1.00. The minimum Gasteiger partial charge on any atom is -0.481 e. The molecule has 0 unspecified atom stereocenters. The molecule has 0 aromatic heterocycles. The highest BCUT2D eigenvalue weighted by Gasteiger charge is 1.96. The molecule has 2 N–H and O–H groups in total. The first kappa shape index (κ1) is 18.8. The van der Waals surface area contributed by atoms with Gasteiger partial charge in [-0.25, -0.2) is 0 Å². The number of hydrogen-bond donors (Lipinski definition) is 2. The van der Waals surface area contributed by atoms with E-state index < -0.39 is 5.97 Å². The van der Waals surface area contributed by atoms with Crippen LogP contribution in [0.5, 0.6) is 0 Å². The zero-order valence-electron chi connectivity index (χ0n) is 11.6. The van der Waals surface area contributed by atoms with E-state index in [4.69, 9.17) is 10.2 Å². The quantitative estimate of drug-likeness (QED) is 0.542. The van der Waals surface area contributed by atoms with Crippen molar-refractivity contribution in [2.45, 2.75) is 77.6 Å². The lowest BCUT2D eigenvalue weighted by molar-refractivity contribution is -0.137. The second-order valence-corrected chi connectivity index (χ2v) is 4.33. The molecule has 0 amide bonds. The molecule has 0 heterocycles. The van der Waals surface area contributed by atoms with Gasteiger partial charge in [-0.15, -0.1) is 0 Å². The van der Waals surface area contributed by atoms with Crippen LogP contribution >= 0.6 is 0 Å². The molecule has 0 bridgehead atoms. The fourth-order valence-corrected chi connectivity index (χ4v) is 1.76. The highest BCUT2D eigenvalue weighted by molar-refractivity contribution is 5.66. The van der Waals surface area contributed by atoms with Crippen molar-refractivity contribution in [3.63, 3.8) is 0 Å². The Kier molecular flexibility index (Phi) is 19.7. The molecule has 0 aliphatic carbocycles. The number of aliphatic hydroxyl groups excluding tert-OH is 1. The lowest BCUT2D eigenvalue weighted by atomic mass is 10.1. The largest absolute Gasteiger partial charge is 0.481 e. The van der Waals surface area contributed by atoms with E-state index in [0.717, 1.165) is 20.0 Å². The molecule has 0 aromatic carbocycles. The third kappa shape index (κ3) is 21.3. The van der Waals surface area contributed by atoms with Crippen molar-refractivity contribution in [2.75, 3.05) is 7.11 Å². The van der Waals surface area contributed by atoms with Crippen LogP contribution in [0.15, 0.2) is 0 Å². The zero-order valence-corrected chi connectivity index (χ0v) is 11.6. The number of unbranched alkanes of at least 4 members (excludes halogenated alkanes) is 9. The molecule has 0 atom stereocenters. The normalized spacial score (nSPS) is 9.59. The van der Waals surface area contributed by atoms with Crippen molar-refractivity contribution in [3.05, 3.63) is 0 Å². The van der Waals surface area contributed by atoms with Gasteiger partial charge < -0.3 is 10.2 Å².